The van der Waals surface area contributed by atoms with Crippen LogP contribution in [0.3, 0.4) is 0 Å². The summed E-state index contributed by atoms with van der Waals surface area (Å²) in [6.45, 7) is 2.46. The third-order valence-corrected chi connectivity index (χ3v) is 3.62. The summed E-state index contributed by atoms with van der Waals surface area (Å²) in [5, 5.41) is 13.1. The molecule has 0 spiro atoms. The third-order valence-electron chi connectivity index (χ3n) is 3.62. The van der Waals surface area contributed by atoms with Crippen LogP contribution in [0.4, 0.5) is 0 Å². The zero-order chi connectivity index (χ0) is 15.3. The van der Waals surface area contributed by atoms with Crippen LogP contribution < -0.4 is 11.1 Å². The second-order valence-electron chi connectivity index (χ2n) is 5.27. The van der Waals surface area contributed by atoms with Crippen molar-refractivity contribution in [3.05, 3.63) is 71.3 Å². The molecule has 2 aromatic rings. The molecule has 0 bridgehead atoms. The number of nitrogens with one attached hydrogen (secondary N) is 1. The molecule has 0 aromatic heterocycles. The predicted octanol–water partition coefficient (Wildman–Crippen LogP) is 1.78. The van der Waals surface area contributed by atoms with Gasteiger partial charge in [0.15, 0.2) is 0 Å². The van der Waals surface area contributed by atoms with E-state index >= 15 is 0 Å². The molecule has 0 radical (unpaired) electrons. The van der Waals surface area contributed by atoms with E-state index < -0.39 is 11.4 Å². The van der Waals surface area contributed by atoms with Gasteiger partial charge in [-0.15, -0.1) is 0 Å². The lowest BCUT2D eigenvalue weighted by Gasteiger charge is -2.29. The van der Waals surface area contributed by atoms with E-state index in [9.17, 15) is 9.90 Å². The first-order valence-electron chi connectivity index (χ1n) is 6.85. The largest absolute Gasteiger partial charge is 0.394 e. The van der Waals surface area contributed by atoms with Crippen LogP contribution in [0.2, 0.25) is 0 Å². The van der Waals surface area contributed by atoms with Crippen LogP contribution in [0.5, 0.6) is 0 Å². The number of hydrogen-bond acceptors (Lipinski definition) is 3. The maximum atomic E-state index is 11.2. The highest BCUT2D eigenvalue weighted by molar-refractivity contribution is 5.92. The van der Waals surface area contributed by atoms with Crippen molar-refractivity contribution in [2.45, 2.75) is 19.0 Å². The lowest BCUT2D eigenvalue weighted by atomic mass is 9.92. The van der Waals surface area contributed by atoms with Crippen molar-refractivity contribution < 1.29 is 9.90 Å². The SMILES string of the molecule is CC(CO)(NCc1cccc(C(N)=O)c1)c1ccccc1. The molecule has 0 saturated carbocycles. The minimum Gasteiger partial charge on any atom is -0.394 e. The maximum Gasteiger partial charge on any atom is 0.248 e. The Labute approximate surface area is 124 Å². The van der Waals surface area contributed by atoms with Gasteiger partial charge in [0.25, 0.3) is 0 Å². The van der Waals surface area contributed by atoms with Crippen molar-refractivity contribution in [2.75, 3.05) is 6.61 Å². The molecule has 110 valence electrons. The average Bonchev–Trinajstić information content (AvgIpc) is 2.53. The van der Waals surface area contributed by atoms with Crippen molar-refractivity contribution in [3.8, 4) is 0 Å². The monoisotopic (exact) mass is 284 g/mol. The molecule has 2 rings (SSSR count). The Hall–Kier alpha value is -2.17. The fourth-order valence-corrected chi connectivity index (χ4v) is 2.19. The molecule has 1 amide bonds. The second kappa shape index (κ2) is 6.52. The summed E-state index contributed by atoms with van der Waals surface area (Å²) in [6, 6.07) is 16.9. The van der Waals surface area contributed by atoms with Gasteiger partial charge in [-0.1, -0.05) is 42.5 Å². The van der Waals surface area contributed by atoms with E-state index in [1.54, 1.807) is 18.2 Å². The van der Waals surface area contributed by atoms with Crippen molar-refractivity contribution >= 4 is 5.91 Å². The number of hydrogen-bond donors (Lipinski definition) is 3. The van der Waals surface area contributed by atoms with Gasteiger partial charge >= 0.3 is 0 Å². The molecule has 1 atom stereocenters. The Morgan fingerprint density at radius 1 is 1.19 bits per heavy atom. The minimum atomic E-state index is -0.538. The molecule has 0 heterocycles. The predicted molar refractivity (Wildman–Crippen MR) is 82.7 cm³/mol. The third kappa shape index (κ3) is 3.68. The lowest BCUT2D eigenvalue weighted by molar-refractivity contribution is 0.1000. The van der Waals surface area contributed by atoms with E-state index in [0.717, 1.165) is 11.1 Å². The Bertz CT molecular complexity index is 613. The topological polar surface area (TPSA) is 75.3 Å². The van der Waals surface area contributed by atoms with Gasteiger partial charge < -0.3 is 16.2 Å². The van der Waals surface area contributed by atoms with Crippen LogP contribution in [0.25, 0.3) is 0 Å². The van der Waals surface area contributed by atoms with Crippen molar-refractivity contribution in [3.63, 3.8) is 0 Å². The van der Waals surface area contributed by atoms with Crippen LogP contribution in [-0.4, -0.2) is 17.6 Å². The molecule has 1 unspecified atom stereocenters. The van der Waals surface area contributed by atoms with Gasteiger partial charge in [-0.2, -0.15) is 0 Å². The first-order valence-corrected chi connectivity index (χ1v) is 6.85. The van der Waals surface area contributed by atoms with Crippen molar-refractivity contribution in [1.29, 1.82) is 0 Å². The molecule has 0 aliphatic heterocycles. The van der Waals surface area contributed by atoms with Gasteiger partial charge in [-0.05, 0) is 30.2 Å². The van der Waals surface area contributed by atoms with Crippen LogP contribution in [0.1, 0.15) is 28.4 Å². The molecular weight excluding hydrogens is 264 g/mol. The van der Waals surface area contributed by atoms with Crippen molar-refractivity contribution in [2.24, 2.45) is 5.73 Å². The highest BCUT2D eigenvalue weighted by Gasteiger charge is 2.24. The standard InChI is InChI=1S/C17H20N2O2/c1-17(12-20,15-8-3-2-4-9-15)19-11-13-6-5-7-14(10-13)16(18)21/h2-10,19-20H,11-12H2,1H3,(H2,18,21). The zero-order valence-electron chi connectivity index (χ0n) is 12.0. The molecular formula is C17H20N2O2. The number of carbonyl (C=O) groups excluding carboxylic acids is 1. The number of amides is 1. The van der Waals surface area contributed by atoms with E-state index in [1.165, 1.54) is 0 Å². The van der Waals surface area contributed by atoms with E-state index in [4.69, 9.17) is 5.73 Å². The second-order valence-corrected chi connectivity index (χ2v) is 5.27. The first-order chi connectivity index (χ1) is 10.0. The zero-order valence-corrected chi connectivity index (χ0v) is 12.0. The maximum absolute atomic E-state index is 11.2. The number of rotatable bonds is 6. The molecule has 0 aliphatic rings. The summed E-state index contributed by atoms with van der Waals surface area (Å²) in [4.78, 5) is 11.2. The van der Waals surface area contributed by atoms with E-state index in [-0.39, 0.29) is 6.61 Å². The fourth-order valence-electron chi connectivity index (χ4n) is 2.19. The summed E-state index contributed by atoms with van der Waals surface area (Å²) in [7, 11) is 0. The summed E-state index contributed by atoms with van der Waals surface area (Å²) >= 11 is 0. The highest BCUT2D eigenvalue weighted by atomic mass is 16.3. The van der Waals surface area contributed by atoms with Gasteiger partial charge in [0.2, 0.25) is 5.91 Å². The number of aliphatic hydroxyl groups is 1. The quantitative estimate of drug-likeness (QED) is 0.757. The Morgan fingerprint density at radius 3 is 2.52 bits per heavy atom. The molecule has 0 fully saturated rings. The summed E-state index contributed by atoms with van der Waals surface area (Å²) < 4.78 is 0. The molecule has 4 N–H and O–H groups in total. The number of nitrogens with two attached hydrogens (primary N) is 1. The normalized spacial score (nSPS) is 13.6. The van der Waals surface area contributed by atoms with E-state index in [2.05, 4.69) is 5.32 Å². The van der Waals surface area contributed by atoms with Crippen LogP contribution >= 0.6 is 0 Å². The summed E-state index contributed by atoms with van der Waals surface area (Å²) in [6.07, 6.45) is 0. The number of carbonyl (C=O) groups is 1. The number of benzene rings is 2. The van der Waals surface area contributed by atoms with Gasteiger partial charge in [0.05, 0.1) is 12.1 Å². The van der Waals surface area contributed by atoms with Crippen LogP contribution in [-0.2, 0) is 12.1 Å². The Kier molecular flexibility index (Phi) is 4.73. The molecule has 0 aliphatic carbocycles. The van der Waals surface area contributed by atoms with Crippen molar-refractivity contribution in [1.82, 2.24) is 5.32 Å². The molecule has 21 heavy (non-hydrogen) atoms. The minimum absolute atomic E-state index is 0.0213. The highest BCUT2D eigenvalue weighted by Crippen LogP contribution is 2.20. The smallest absolute Gasteiger partial charge is 0.248 e. The fraction of sp³-hybridized carbons (Fsp3) is 0.235. The molecule has 4 nitrogen and oxygen atoms in total. The van der Waals surface area contributed by atoms with E-state index in [1.807, 2.05) is 43.3 Å². The van der Waals surface area contributed by atoms with Crippen LogP contribution in [0, 0.1) is 0 Å². The van der Waals surface area contributed by atoms with Crippen LogP contribution in [0.15, 0.2) is 54.6 Å². The summed E-state index contributed by atoms with van der Waals surface area (Å²) in [5.74, 6) is -0.440. The summed E-state index contributed by atoms with van der Waals surface area (Å²) in [5.41, 5.74) is 7.19. The molecule has 2 aromatic carbocycles. The first kappa shape index (κ1) is 15.2. The molecule has 0 saturated heterocycles. The lowest BCUT2D eigenvalue weighted by Crippen LogP contribution is -2.42. The average molecular weight is 284 g/mol. The van der Waals surface area contributed by atoms with Gasteiger partial charge in [-0.25, -0.2) is 0 Å². The number of aliphatic hydroxyl groups excluding tert-OH is 1. The van der Waals surface area contributed by atoms with Gasteiger partial charge in [0.1, 0.15) is 0 Å². The molecule has 4 heteroatoms. The van der Waals surface area contributed by atoms with E-state index in [0.29, 0.717) is 12.1 Å². The Morgan fingerprint density at radius 2 is 1.90 bits per heavy atom. The Balaban J connectivity index is 2.13. The van der Waals surface area contributed by atoms with Gasteiger partial charge in [-0.3, -0.25) is 4.79 Å². The van der Waals surface area contributed by atoms with Gasteiger partial charge in [0, 0.05) is 12.1 Å². The number of primary amides is 1.